The van der Waals surface area contributed by atoms with E-state index in [0.717, 1.165) is 24.1 Å². The number of carbonyl (C=O) groups is 1. The maximum absolute atomic E-state index is 12.6. The third-order valence-electron chi connectivity index (χ3n) is 5.00. The Hall–Kier alpha value is -2.47. The summed E-state index contributed by atoms with van der Waals surface area (Å²) in [7, 11) is 0. The summed E-state index contributed by atoms with van der Waals surface area (Å²) < 4.78 is 1.69. The van der Waals surface area contributed by atoms with Crippen molar-refractivity contribution >= 4 is 17.5 Å². The number of benzene rings is 2. The van der Waals surface area contributed by atoms with Gasteiger partial charge in [0.1, 0.15) is 0 Å². The predicted molar refractivity (Wildman–Crippen MR) is 107 cm³/mol. The summed E-state index contributed by atoms with van der Waals surface area (Å²) in [6, 6.07) is 14.3. The fourth-order valence-corrected chi connectivity index (χ4v) is 4.18. The van der Waals surface area contributed by atoms with E-state index < -0.39 is 0 Å². The maximum atomic E-state index is 12.6. The van der Waals surface area contributed by atoms with E-state index in [1.807, 2.05) is 18.2 Å². The topological polar surface area (TPSA) is 60.7 Å². The molecule has 27 heavy (non-hydrogen) atoms. The van der Waals surface area contributed by atoms with Gasteiger partial charge in [0.05, 0.1) is 11.4 Å². The molecular formula is C21H22N4OS. The summed E-state index contributed by atoms with van der Waals surface area (Å²) in [5.74, 6) is 0.912. The van der Waals surface area contributed by atoms with Crippen molar-refractivity contribution in [2.45, 2.75) is 44.2 Å². The Labute approximate surface area is 163 Å². The van der Waals surface area contributed by atoms with Crippen LogP contribution in [0.1, 0.15) is 53.2 Å². The van der Waals surface area contributed by atoms with Gasteiger partial charge in [-0.2, -0.15) is 4.68 Å². The Morgan fingerprint density at radius 1 is 1.11 bits per heavy atom. The molecule has 1 heterocycles. The number of hydrogen-bond donors (Lipinski definition) is 0. The van der Waals surface area contributed by atoms with Crippen molar-refractivity contribution in [3.63, 3.8) is 0 Å². The smallest absolute Gasteiger partial charge is 0.214 e. The fourth-order valence-electron chi connectivity index (χ4n) is 3.39. The first kappa shape index (κ1) is 17.9. The first-order valence-electron chi connectivity index (χ1n) is 9.28. The van der Waals surface area contributed by atoms with Gasteiger partial charge in [-0.05, 0) is 70.5 Å². The highest BCUT2D eigenvalue weighted by Crippen LogP contribution is 2.25. The van der Waals surface area contributed by atoms with Crippen LogP contribution in [-0.4, -0.2) is 31.7 Å². The minimum atomic E-state index is 0.111. The van der Waals surface area contributed by atoms with Gasteiger partial charge in [-0.25, -0.2) is 0 Å². The van der Waals surface area contributed by atoms with Crippen LogP contribution in [0.3, 0.4) is 0 Å². The molecule has 6 heteroatoms. The second-order valence-corrected chi connectivity index (χ2v) is 8.11. The van der Waals surface area contributed by atoms with Gasteiger partial charge in [0.25, 0.3) is 0 Å². The third kappa shape index (κ3) is 3.81. The summed E-state index contributed by atoms with van der Waals surface area (Å²) in [4.78, 5) is 12.6. The summed E-state index contributed by atoms with van der Waals surface area (Å²) in [5, 5.41) is 12.6. The number of aryl methyl sites for hydroxylation is 2. The lowest BCUT2D eigenvalue weighted by Gasteiger charge is -2.08. The number of rotatable bonds is 6. The number of carbonyl (C=O) groups excluding carboxylic acids is 1. The van der Waals surface area contributed by atoms with E-state index >= 15 is 0 Å². The molecule has 0 saturated carbocycles. The van der Waals surface area contributed by atoms with Crippen molar-refractivity contribution in [1.29, 1.82) is 0 Å². The standard InChI is InChI=1S/C21H22N4OS/c1-14(2)15-8-10-19(11-9-15)25-21(22-23-24-25)27-13-20(26)18-7-6-16-4-3-5-17(16)12-18/h6-12,14H,3-5,13H2,1-2H3. The Morgan fingerprint density at radius 3 is 2.67 bits per heavy atom. The van der Waals surface area contributed by atoms with Gasteiger partial charge in [-0.3, -0.25) is 4.79 Å². The van der Waals surface area contributed by atoms with Gasteiger partial charge in [0, 0.05) is 5.56 Å². The normalized spacial score (nSPS) is 13.1. The van der Waals surface area contributed by atoms with Crippen LogP contribution in [0.4, 0.5) is 0 Å². The quantitative estimate of drug-likeness (QED) is 0.474. The molecule has 138 valence electrons. The van der Waals surface area contributed by atoms with Crippen LogP contribution in [0.2, 0.25) is 0 Å². The lowest BCUT2D eigenvalue weighted by molar-refractivity contribution is 0.102. The molecule has 1 aliphatic rings. The van der Waals surface area contributed by atoms with E-state index in [9.17, 15) is 4.79 Å². The summed E-state index contributed by atoms with van der Waals surface area (Å²) >= 11 is 1.37. The Balaban J connectivity index is 1.46. The molecule has 0 unspecified atom stereocenters. The molecule has 0 fully saturated rings. The number of hydrogen-bond acceptors (Lipinski definition) is 5. The van der Waals surface area contributed by atoms with E-state index in [1.54, 1.807) is 4.68 Å². The lowest BCUT2D eigenvalue weighted by Crippen LogP contribution is -2.05. The van der Waals surface area contributed by atoms with Crippen LogP contribution in [0, 0.1) is 0 Å². The van der Waals surface area contributed by atoms with Crippen LogP contribution in [-0.2, 0) is 12.8 Å². The van der Waals surface area contributed by atoms with Crippen molar-refractivity contribution in [1.82, 2.24) is 20.2 Å². The number of thioether (sulfide) groups is 1. The first-order valence-corrected chi connectivity index (χ1v) is 10.3. The van der Waals surface area contributed by atoms with Crippen LogP contribution < -0.4 is 0 Å². The molecule has 0 saturated heterocycles. The van der Waals surface area contributed by atoms with Crippen molar-refractivity contribution in [3.8, 4) is 5.69 Å². The van der Waals surface area contributed by atoms with Gasteiger partial charge in [0.15, 0.2) is 5.78 Å². The number of ketones is 1. The highest BCUT2D eigenvalue weighted by Gasteiger charge is 2.16. The summed E-state index contributed by atoms with van der Waals surface area (Å²) in [5.41, 5.74) is 5.65. The molecule has 0 N–H and O–H groups in total. The number of tetrazole rings is 1. The fraction of sp³-hybridized carbons (Fsp3) is 0.333. The lowest BCUT2D eigenvalue weighted by atomic mass is 10.0. The average Bonchev–Trinajstić information content (AvgIpc) is 3.34. The largest absolute Gasteiger partial charge is 0.293 e. The second-order valence-electron chi connectivity index (χ2n) is 7.17. The molecule has 1 aromatic heterocycles. The molecule has 0 amide bonds. The Morgan fingerprint density at radius 2 is 1.89 bits per heavy atom. The zero-order valence-corrected chi connectivity index (χ0v) is 16.4. The van der Waals surface area contributed by atoms with E-state index in [2.05, 4.69) is 53.6 Å². The van der Waals surface area contributed by atoms with Gasteiger partial charge in [-0.1, -0.05) is 49.9 Å². The molecule has 4 rings (SSSR count). The number of nitrogens with zero attached hydrogens (tertiary/aromatic N) is 4. The molecule has 0 spiro atoms. The van der Waals surface area contributed by atoms with Crippen LogP contribution in [0.15, 0.2) is 47.6 Å². The van der Waals surface area contributed by atoms with E-state index in [0.29, 0.717) is 16.8 Å². The summed E-state index contributed by atoms with van der Waals surface area (Å²) in [6.07, 6.45) is 3.39. The van der Waals surface area contributed by atoms with E-state index in [1.165, 1.54) is 34.9 Å². The molecule has 0 aliphatic heterocycles. The van der Waals surface area contributed by atoms with Crippen molar-refractivity contribution in [3.05, 3.63) is 64.7 Å². The Kier molecular flexibility index (Phi) is 5.07. The van der Waals surface area contributed by atoms with Crippen LogP contribution in [0.25, 0.3) is 5.69 Å². The number of Topliss-reactive ketones (excluding diaryl/α,β-unsaturated/α-hetero) is 1. The number of aromatic nitrogens is 4. The molecule has 5 nitrogen and oxygen atoms in total. The van der Waals surface area contributed by atoms with Crippen LogP contribution >= 0.6 is 11.8 Å². The second kappa shape index (κ2) is 7.64. The molecule has 3 aromatic rings. The molecule has 0 bridgehead atoms. The summed E-state index contributed by atoms with van der Waals surface area (Å²) in [6.45, 7) is 4.33. The highest BCUT2D eigenvalue weighted by molar-refractivity contribution is 7.99. The predicted octanol–water partition coefficient (Wildman–Crippen LogP) is 4.25. The molecule has 1 aliphatic carbocycles. The molecule has 2 aromatic carbocycles. The van der Waals surface area contributed by atoms with Crippen LogP contribution in [0.5, 0.6) is 0 Å². The van der Waals surface area contributed by atoms with Gasteiger partial charge < -0.3 is 0 Å². The average molecular weight is 379 g/mol. The molecule has 0 atom stereocenters. The third-order valence-corrected chi connectivity index (χ3v) is 5.92. The van der Waals surface area contributed by atoms with E-state index in [4.69, 9.17) is 0 Å². The van der Waals surface area contributed by atoms with Crippen molar-refractivity contribution in [2.75, 3.05) is 5.75 Å². The maximum Gasteiger partial charge on any atom is 0.214 e. The van der Waals surface area contributed by atoms with Crippen molar-refractivity contribution < 1.29 is 4.79 Å². The van der Waals surface area contributed by atoms with E-state index in [-0.39, 0.29) is 5.78 Å². The highest BCUT2D eigenvalue weighted by atomic mass is 32.2. The molecule has 0 radical (unpaired) electrons. The monoisotopic (exact) mass is 378 g/mol. The van der Waals surface area contributed by atoms with Gasteiger partial charge >= 0.3 is 0 Å². The zero-order valence-electron chi connectivity index (χ0n) is 15.6. The minimum absolute atomic E-state index is 0.111. The van der Waals surface area contributed by atoms with Gasteiger partial charge in [-0.15, -0.1) is 5.10 Å². The Bertz CT molecular complexity index is 963. The molecular weight excluding hydrogens is 356 g/mol. The number of fused-ring (bicyclic) bond motifs is 1. The SMILES string of the molecule is CC(C)c1ccc(-n2nnnc2SCC(=O)c2ccc3c(c2)CCC3)cc1. The van der Waals surface area contributed by atoms with Crippen molar-refractivity contribution in [2.24, 2.45) is 0 Å². The zero-order chi connectivity index (χ0) is 18.8. The first-order chi connectivity index (χ1) is 13.1. The van der Waals surface area contributed by atoms with Gasteiger partial charge in [0.2, 0.25) is 5.16 Å². The minimum Gasteiger partial charge on any atom is -0.293 e.